The summed E-state index contributed by atoms with van der Waals surface area (Å²) in [6, 6.07) is 0. The number of aliphatic hydroxyl groups excluding tert-OH is 24. The number of hydrogen-bond acceptors (Lipinski definition) is 41. The minimum absolute atomic E-state index is 0.526. The molecule has 24 N–H and O–H groups in total. The van der Waals surface area contributed by atoms with Gasteiger partial charge in [-0.15, -0.1) is 0 Å². The van der Waals surface area contributed by atoms with Crippen molar-refractivity contribution in [1.29, 1.82) is 0 Å². The van der Waals surface area contributed by atoms with Gasteiger partial charge in [-0.05, 0) is 13.8 Å². The van der Waals surface area contributed by atoms with Gasteiger partial charge in [-0.3, -0.25) is 0 Å². The molecule has 0 aliphatic carbocycles. The zero-order chi connectivity index (χ0) is 74.5. The van der Waals surface area contributed by atoms with Crippen LogP contribution in [0, 0.1) is 23.7 Å². The Labute approximate surface area is 578 Å². The Balaban J connectivity index is 1.04. The van der Waals surface area contributed by atoms with E-state index in [4.69, 9.17) is 80.5 Å². The standard InChI is InChI=1S/C60H106O41/c1-17-22(6)87-28(11-65)47(33(17)71)96-53-18(2)34(72)48(29(12-66)92-53)97-56(23(70)15-85-59-51(43(81)39(77)26(9-63)90-59)100-54-19(3)35(73)49(30(13-67)93-54)98-57-45(83)41(79)37(75)24(7-61)88-57)95-32(21(5)69)16-86-60-52(44(82)40(78)27(10-64)91-60)101-55-20(4)36(74)50(31(14-68)94-55)99-58-46(84)42(80)38(76)25(8-62)89-58/h17-84H,7-16H2,1-6H3/t17-,18+,19+,20?,21+,22+,23-,24?,25?,26-,27?,28?,29?,30?,31+,32?,33?,34?,35?,36?,37+,38+,39-,40-,41?,42?,43?,44?,45+,46+,47-,48-,49-,50-,51?,52-,53+,54+,55+,56+,57+,58+,59+,60+/m1/s1. The average molecular weight is 1480 g/mol. The lowest BCUT2D eigenvalue weighted by Gasteiger charge is -2.49. The molecule has 101 heavy (non-hydrogen) atoms. The highest BCUT2D eigenvalue weighted by Crippen LogP contribution is 2.40. The van der Waals surface area contributed by atoms with Crippen molar-refractivity contribution < 1.29 is 203 Å². The highest BCUT2D eigenvalue weighted by molar-refractivity contribution is 5.00. The molecule has 8 aliphatic heterocycles. The first-order chi connectivity index (χ1) is 47.8. The third-order valence-corrected chi connectivity index (χ3v) is 20.1. The maximum atomic E-state index is 12.3. The third kappa shape index (κ3) is 18.8. The van der Waals surface area contributed by atoms with Crippen LogP contribution in [0.2, 0.25) is 0 Å². The molecule has 0 saturated carbocycles. The van der Waals surface area contributed by atoms with Crippen LogP contribution < -0.4 is 0 Å². The highest BCUT2D eigenvalue weighted by atomic mass is 16.8. The van der Waals surface area contributed by atoms with Gasteiger partial charge in [-0.1, -0.05) is 27.7 Å². The fraction of sp³-hybridized carbons (Fsp3) is 1.00. The third-order valence-electron chi connectivity index (χ3n) is 20.1. The molecule has 8 aliphatic rings. The van der Waals surface area contributed by atoms with Gasteiger partial charge in [0.25, 0.3) is 0 Å². The van der Waals surface area contributed by atoms with E-state index in [-0.39, 0.29) is 0 Å². The van der Waals surface area contributed by atoms with Gasteiger partial charge in [0.05, 0.1) is 103 Å². The van der Waals surface area contributed by atoms with Gasteiger partial charge in [0.15, 0.2) is 50.3 Å². The quantitative estimate of drug-likeness (QED) is 0.0297. The van der Waals surface area contributed by atoms with Crippen molar-refractivity contribution in [2.45, 2.75) is 287 Å². The minimum atomic E-state index is -2.23. The van der Waals surface area contributed by atoms with Gasteiger partial charge >= 0.3 is 0 Å². The SMILES string of the molecule is CC1C(O)[C@H](O[C@@H]2OC(CO)[C@H](O)C(O)[C@@H]2O)[C@H](CO)O[C@H]1O[C@@H]1C(O)[C@H](O)C(CO)O[C@@H]1OCC(O[C@@H](O[C@@H]1C(CO)O[C@@H](O[C@@H]2C(CO)O[C@@H](C)[C@@H](C)C2O)[C@@H](C)C1O)[C@H](O)CO[C@H]1O[C@H](CO)[C@@H](O)C(O)C1O[C@@H]1OC(CO)[C@@H](O[C@@H]2OC(CO)[C@H](O)C(O)[C@@H]2O)C(O)[C@@H]1C)[C@H](C)O. The zero-order valence-corrected chi connectivity index (χ0v) is 56.1. The summed E-state index contributed by atoms with van der Waals surface area (Å²) in [6.07, 6.45) is -68.5. The van der Waals surface area contributed by atoms with Crippen LogP contribution in [-0.2, 0) is 80.5 Å². The predicted molar refractivity (Wildman–Crippen MR) is 320 cm³/mol. The number of rotatable bonds is 30. The van der Waals surface area contributed by atoms with E-state index in [9.17, 15) is 123 Å². The van der Waals surface area contributed by atoms with E-state index in [1.165, 1.54) is 20.8 Å². The number of ether oxygens (including phenoxy) is 17. The van der Waals surface area contributed by atoms with Gasteiger partial charge in [-0.2, -0.15) is 0 Å². The van der Waals surface area contributed by atoms with Crippen LogP contribution in [0.5, 0.6) is 0 Å². The molecule has 8 rings (SSSR count). The summed E-state index contributed by atoms with van der Waals surface area (Å²) in [5, 5.41) is 261. The molecular formula is C60H106O41. The Morgan fingerprint density at radius 3 is 0.941 bits per heavy atom. The van der Waals surface area contributed by atoms with E-state index in [0.717, 1.165) is 6.92 Å². The molecule has 0 amide bonds. The van der Waals surface area contributed by atoms with Crippen molar-refractivity contribution in [1.82, 2.24) is 0 Å². The summed E-state index contributed by atoms with van der Waals surface area (Å²) in [7, 11) is 0. The lowest BCUT2D eigenvalue weighted by molar-refractivity contribution is -0.383. The summed E-state index contributed by atoms with van der Waals surface area (Å²) in [5.41, 5.74) is 0. The van der Waals surface area contributed by atoms with Gasteiger partial charge in [0, 0.05) is 23.7 Å². The van der Waals surface area contributed by atoms with Crippen LogP contribution in [0.25, 0.3) is 0 Å². The van der Waals surface area contributed by atoms with Crippen LogP contribution >= 0.6 is 0 Å². The number of hydrogen-bond donors (Lipinski definition) is 24. The predicted octanol–water partition coefficient (Wildman–Crippen LogP) is -13.8. The van der Waals surface area contributed by atoms with Crippen LogP contribution in [-0.4, -0.2) is 434 Å². The second-order valence-corrected chi connectivity index (χ2v) is 27.1. The molecule has 0 aromatic carbocycles. The molecule has 44 atom stereocenters. The molecule has 8 fully saturated rings. The first kappa shape index (κ1) is 85.0. The van der Waals surface area contributed by atoms with Crippen LogP contribution in [0.15, 0.2) is 0 Å². The minimum Gasteiger partial charge on any atom is -0.394 e. The monoisotopic (exact) mass is 1480 g/mol. The van der Waals surface area contributed by atoms with E-state index in [0.29, 0.717) is 0 Å². The molecular weight excluding hydrogens is 1380 g/mol. The Morgan fingerprint density at radius 2 is 0.574 bits per heavy atom. The molecule has 8 saturated heterocycles. The molecule has 41 nitrogen and oxygen atoms in total. The first-order valence-electron chi connectivity index (χ1n) is 33.7. The summed E-state index contributed by atoms with van der Waals surface area (Å²) < 4.78 is 101. The Kier molecular flexibility index (Phi) is 31.7. The Hall–Kier alpha value is -1.64. The Morgan fingerprint density at radius 1 is 0.287 bits per heavy atom. The molecule has 17 unspecified atom stereocenters. The first-order valence-corrected chi connectivity index (χ1v) is 33.7. The average Bonchev–Trinajstić information content (AvgIpc) is 0.786. The van der Waals surface area contributed by atoms with E-state index in [1.54, 1.807) is 13.8 Å². The van der Waals surface area contributed by atoms with Crippen LogP contribution in [0.1, 0.15) is 41.5 Å². The summed E-state index contributed by atoms with van der Waals surface area (Å²) in [4.78, 5) is 0. The molecule has 0 bridgehead atoms. The lowest BCUT2D eigenvalue weighted by atomic mass is 9.88. The van der Waals surface area contributed by atoms with E-state index < -0.39 is 335 Å². The molecule has 0 aromatic rings. The lowest BCUT2D eigenvalue weighted by Crippen LogP contribution is -2.65. The molecule has 592 valence electrons. The molecule has 0 radical (unpaired) electrons. The topological polar surface area (TPSA) is 642 Å². The summed E-state index contributed by atoms with van der Waals surface area (Å²) in [5.74, 6) is -4.19. The second-order valence-electron chi connectivity index (χ2n) is 27.1. The van der Waals surface area contributed by atoms with Crippen molar-refractivity contribution >= 4 is 0 Å². The summed E-state index contributed by atoms with van der Waals surface area (Å²) in [6.45, 7) is -0.378. The molecule has 8 heterocycles. The van der Waals surface area contributed by atoms with Crippen molar-refractivity contribution in [2.75, 3.05) is 66.1 Å². The molecule has 0 aromatic heterocycles. The fourth-order valence-corrected chi connectivity index (χ4v) is 13.3. The van der Waals surface area contributed by atoms with Gasteiger partial charge in [0.2, 0.25) is 0 Å². The molecule has 41 heteroatoms. The van der Waals surface area contributed by atoms with Crippen molar-refractivity contribution in [2.24, 2.45) is 23.7 Å². The second kappa shape index (κ2) is 37.7. The normalized spacial score (nSPS) is 50.0. The van der Waals surface area contributed by atoms with Crippen molar-refractivity contribution in [3.8, 4) is 0 Å². The van der Waals surface area contributed by atoms with Crippen molar-refractivity contribution in [3.63, 3.8) is 0 Å². The fourth-order valence-electron chi connectivity index (χ4n) is 13.3. The zero-order valence-electron chi connectivity index (χ0n) is 56.1. The van der Waals surface area contributed by atoms with Gasteiger partial charge in [0.1, 0.15) is 159 Å². The molecule has 0 spiro atoms. The van der Waals surface area contributed by atoms with Crippen LogP contribution in [0.3, 0.4) is 0 Å². The van der Waals surface area contributed by atoms with Gasteiger partial charge < -0.3 is 203 Å². The van der Waals surface area contributed by atoms with E-state index in [2.05, 4.69) is 0 Å². The largest absolute Gasteiger partial charge is 0.394 e. The Bertz CT molecular complexity index is 2410. The van der Waals surface area contributed by atoms with E-state index in [1.807, 2.05) is 0 Å². The maximum Gasteiger partial charge on any atom is 0.187 e. The van der Waals surface area contributed by atoms with Crippen LogP contribution in [0.4, 0.5) is 0 Å². The van der Waals surface area contributed by atoms with Gasteiger partial charge in [-0.25, -0.2) is 0 Å². The highest BCUT2D eigenvalue weighted by Gasteiger charge is 2.58. The maximum absolute atomic E-state index is 12.3. The smallest absolute Gasteiger partial charge is 0.187 e. The number of aliphatic hydroxyl groups is 24. The van der Waals surface area contributed by atoms with E-state index >= 15 is 0 Å². The summed E-state index contributed by atoms with van der Waals surface area (Å²) >= 11 is 0. The van der Waals surface area contributed by atoms with Crippen molar-refractivity contribution in [3.05, 3.63) is 0 Å².